The Labute approximate surface area is 128 Å². The molecular weight excluding hydrogens is 315 g/mol. The van der Waals surface area contributed by atoms with Crippen LogP contribution in [0, 0.1) is 12.8 Å². The molecule has 3 heterocycles. The van der Waals surface area contributed by atoms with Crippen molar-refractivity contribution in [1.82, 2.24) is 10.1 Å². The number of aromatic carboxylic acids is 1. The van der Waals surface area contributed by atoms with Crippen molar-refractivity contribution in [3.8, 4) is 11.3 Å². The Morgan fingerprint density at radius 2 is 2.09 bits per heavy atom. The van der Waals surface area contributed by atoms with E-state index in [-0.39, 0.29) is 24.5 Å². The average Bonchev–Trinajstić information content (AvgIpc) is 2.87. The van der Waals surface area contributed by atoms with E-state index in [0.29, 0.717) is 16.9 Å². The molecule has 0 amide bonds. The zero-order chi connectivity index (χ0) is 16.8. The van der Waals surface area contributed by atoms with Gasteiger partial charge in [0.15, 0.2) is 11.5 Å². The molecule has 1 N–H and O–H groups in total. The molecule has 1 aliphatic rings. The highest BCUT2D eigenvalue weighted by Gasteiger charge is 2.47. The number of aryl methyl sites for hydroxylation is 1. The number of carboxylic acid groups (broad SMARTS) is 1. The molecule has 23 heavy (non-hydrogen) atoms. The average molecular weight is 327 g/mol. The number of hydrogen-bond donors (Lipinski definition) is 1. The maximum absolute atomic E-state index is 12.5. The summed E-state index contributed by atoms with van der Waals surface area (Å²) >= 11 is 0. The van der Waals surface area contributed by atoms with Crippen LogP contribution in [0.1, 0.15) is 16.1 Å². The first-order valence-electron chi connectivity index (χ1n) is 6.74. The monoisotopic (exact) mass is 327 g/mol. The fourth-order valence-electron chi connectivity index (χ4n) is 2.40. The lowest BCUT2D eigenvalue weighted by atomic mass is 9.99. The third-order valence-corrected chi connectivity index (χ3v) is 3.71. The topological polar surface area (TPSA) is 79.5 Å². The molecule has 1 saturated heterocycles. The molecule has 3 rings (SSSR count). The van der Waals surface area contributed by atoms with Gasteiger partial charge in [-0.1, -0.05) is 5.16 Å². The van der Waals surface area contributed by atoms with Gasteiger partial charge in [-0.25, -0.2) is 9.78 Å². The summed E-state index contributed by atoms with van der Waals surface area (Å²) in [6.45, 7) is 1.51. The minimum atomic E-state index is -4.18. The van der Waals surface area contributed by atoms with Gasteiger partial charge < -0.3 is 14.5 Å². The van der Waals surface area contributed by atoms with Crippen LogP contribution in [0.25, 0.3) is 11.3 Å². The Kier molecular flexibility index (Phi) is 3.50. The molecule has 2 aromatic heterocycles. The number of anilines is 1. The maximum atomic E-state index is 12.5. The van der Waals surface area contributed by atoms with E-state index in [4.69, 9.17) is 9.63 Å². The van der Waals surface area contributed by atoms with Crippen LogP contribution in [0.4, 0.5) is 19.0 Å². The van der Waals surface area contributed by atoms with Crippen LogP contribution < -0.4 is 4.90 Å². The van der Waals surface area contributed by atoms with E-state index in [1.165, 1.54) is 12.3 Å². The van der Waals surface area contributed by atoms with E-state index in [1.54, 1.807) is 17.9 Å². The third kappa shape index (κ3) is 2.86. The van der Waals surface area contributed by atoms with Gasteiger partial charge >= 0.3 is 12.1 Å². The van der Waals surface area contributed by atoms with Crippen LogP contribution in [0.2, 0.25) is 0 Å². The van der Waals surface area contributed by atoms with Crippen LogP contribution in [-0.2, 0) is 0 Å². The first-order valence-corrected chi connectivity index (χ1v) is 6.74. The Morgan fingerprint density at radius 3 is 2.61 bits per heavy atom. The second kappa shape index (κ2) is 5.25. The highest BCUT2D eigenvalue weighted by Crippen LogP contribution is 2.37. The molecule has 9 heteroatoms. The molecule has 2 aromatic rings. The normalized spacial score (nSPS) is 15.6. The zero-order valence-electron chi connectivity index (χ0n) is 12.0. The number of hydrogen-bond acceptors (Lipinski definition) is 5. The van der Waals surface area contributed by atoms with Crippen molar-refractivity contribution in [2.45, 2.75) is 13.1 Å². The van der Waals surface area contributed by atoms with Crippen molar-refractivity contribution < 1.29 is 27.6 Å². The van der Waals surface area contributed by atoms with Crippen molar-refractivity contribution in [2.24, 2.45) is 5.92 Å². The Bertz CT molecular complexity index is 751. The number of nitrogens with zero attached hydrogens (tertiary/aromatic N) is 3. The van der Waals surface area contributed by atoms with Gasteiger partial charge in [0.1, 0.15) is 5.82 Å². The Hall–Kier alpha value is -2.58. The second-order valence-electron chi connectivity index (χ2n) is 5.39. The summed E-state index contributed by atoms with van der Waals surface area (Å²) in [5, 5.41) is 12.2. The molecule has 0 aliphatic carbocycles. The van der Waals surface area contributed by atoms with Gasteiger partial charge in [0.05, 0.1) is 5.92 Å². The van der Waals surface area contributed by atoms with Gasteiger partial charge in [-0.15, -0.1) is 0 Å². The van der Waals surface area contributed by atoms with Crippen LogP contribution >= 0.6 is 0 Å². The Morgan fingerprint density at radius 1 is 1.39 bits per heavy atom. The lowest BCUT2D eigenvalue weighted by molar-refractivity contribution is -0.180. The van der Waals surface area contributed by atoms with Crippen molar-refractivity contribution in [3.63, 3.8) is 0 Å². The molecule has 1 fully saturated rings. The summed E-state index contributed by atoms with van der Waals surface area (Å²) in [7, 11) is 0. The zero-order valence-corrected chi connectivity index (χ0v) is 12.0. The van der Waals surface area contributed by atoms with Gasteiger partial charge in [0.2, 0.25) is 0 Å². The lowest BCUT2D eigenvalue weighted by Crippen LogP contribution is -2.53. The van der Waals surface area contributed by atoms with Crippen molar-refractivity contribution in [1.29, 1.82) is 0 Å². The van der Waals surface area contributed by atoms with E-state index in [0.717, 1.165) is 0 Å². The van der Waals surface area contributed by atoms with Crippen molar-refractivity contribution >= 4 is 11.8 Å². The van der Waals surface area contributed by atoms with Gasteiger partial charge in [-0.2, -0.15) is 13.2 Å². The van der Waals surface area contributed by atoms with Gasteiger partial charge in [0.25, 0.3) is 0 Å². The fraction of sp³-hybridized carbons (Fsp3) is 0.357. The van der Waals surface area contributed by atoms with Crippen LogP contribution in [0.3, 0.4) is 0 Å². The summed E-state index contributed by atoms with van der Waals surface area (Å²) < 4.78 is 42.5. The molecule has 1 aliphatic heterocycles. The molecular formula is C14H12F3N3O3. The minimum absolute atomic E-state index is 0.109. The van der Waals surface area contributed by atoms with Gasteiger partial charge in [-0.05, 0) is 18.6 Å². The predicted molar refractivity (Wildman–Crippen MR) is 73.2 cm³/mol. The van der Waals surface area contributed by atoms with E-state index in [2.05, 4.69) is 10.1 Å². The number of carbonyl (C=O) groups is 1. The number of carboxylic acids is 1. The molecule has 0 radical (unpaired) electrons. The lowest BCUT2D eigenvalue weighted by Gasteiger charge is -2.41. The van der Waals surface area contributed by atoms with E-state index in [9.17, 15) is 18.0 Å². The molecule has 0 spiro atoms. The first-order chi connectivity index (χ1) is 10.8. The van der Waals surface area contributed by atoms with Crippen LogP contribution in [0.15, 0.2) is 22.9 Å². The minimum Gasteiger partial charge on any atom is -0.476 e. The van der Waals surface area contributed by atoms with Crippen LogP contribution in [0.5, 0.6) is 0 Å². The number of alkyl halides is 3. The number of aromatic nitrogens is 2. The maximum Gasteiger partial charge on any atom is 0.395 e. The molecule has 0 atom stereocenters. The largest absolute Gasteiger partial charge is 0.476 e. The smallest absolute Gasteiger partial charge is 0.395 e. The summed E-state index contributed by atoms with van der Waals surface area (Å²) in [5.41, 5.74) is 0.966. The summed E-state index contributed by atoms with van der Waals surface area (Å²) in [6.07, 6.45) is -2.76. The summed E-state index contributed by atoms with van der Waals surface area (Å²) in [6, 6.07) is 2.94. The standard InChI is InChI=1S/C14H12F3N3O3/c1-7-2-8(11-3-10(13(21)22)19-23-11)4-18-12(7)20-5-9(6-20)14(15,16)17/h2-4,9H,5-6H2,1H3,(H,21,22). The molecule has 0 aromatic carbocycles. The molecule has 6 nitrogen and oxygen atoms in total. The van der Waals surface area contributed by atoms with Crippen molar-refractivity contribution in [2.75, 3.05) is 18.0 Å². The van der Waals surface area contributed by atoms with Crippen molar-refractivity contribution in [3.05, 3.63) is 29.6 Å². The SMILES string of the molecule is Cc1cc(-c2cc(C(=O)O)no2)cnc1N1CC(C(F)(F)F)C1. The quantitative estimate of drug-likeness (QED) is 0.934. The highest BCUT2D eigenvalue weighted by molar-refractivity contribution is 5.86. The highest BCUT2D eigenvalue weighted by atomic mass is 19.4. The van der Waals surface area contributed by atoms with Gasteiger partial charge in [-0.3, -0.25) is 0 Å². The third-order valence-electron chi connectivity index (χ3n) is 3.71. The van der Waals surface area contributed by atoms with E-state index < -0.39 is 18.1 Å². The van der Waals surface area contributed by atoms with E-state index in [1.807, 2.05) is 0 Å². The number of rotatable bonds is 3. The number of pyridine rings is 1. The number of halogens is 3. The fourth-order valence-corrected chi connectivity index (χ4v) is 2.40. The second-order valence-corrected chi connectivity index (χ2v) is 5.39. The van der Waals surface area contributed by atoms with Crippen LogP contribution in [-0.4, -0.2) is 40.5 Å². The summed E-state index contributed by atoms with van der Waals surface area (Å²) in [4.78, 5) is 16.5. The molecule has 0 saturated carbocycles. The molecule has 122 valence electrons. The molecule has 0 bridgehead atoms. The first kappa shape index (κ1) is 15.3. The van der Waals surface area contributed by atoms with Gasteiger partial charge in [0, 0.05) is 30.9 Å². The Balaban J connectivity index is 1.78. The summed E-state index contributed by atoms with van der Waals surface area (Å²) in [5.74, 6) is -1.82. The molecule has 0 unspecified atom stereocenters. The van der Waals surface area contributed by atoms with E-state index >= 15 is 0 Å². The predicted octanol–water partition coefficient (Wildman–Crippen LogP) is 2.74.